The summed E-state index contributed by atoms with van der Waals surface area (Å²) in [5.74, 6) is 0. The fourth-order valence-electron chi connectivity index (χ4n) is 2.09. The van der Waals surface area contributed by atoms with Crippen molar-refractivity contribution in [2.45, 2.75) is 6.54 Å². The Morgan fingerprint density at radius 2 is 1.90 bits per heavy atom. The number of benzene rings is 2. The first-order chi connectivity index (χ1) is 10.2. The molecule has 1 N–H and O–H groups in total. The van der Waals surface area contributed by atoms with Crippen molar-refractivity contribution in [3.8, 4) is 5.69 Å². The van der Waals surface area contributed by atoms with Crippen molar-refractivity contribution in [1.29, 1.82) is 0 Å². The van der Waals surface area contributed by atoms with Crippen LogP contribution in [0.5, 0.6) is 0 Å². The fourth-order valence-corrected chi connectivity index (χ4v) is 2.47. The summed E-state index contributed by atoms with van der Waals surface area (Å²) in [5.41, 5.74) is 2.88. The van der Waals surface area contributed by atoms with Gasteiger partial charge in [-0.2, -0.15) is 5.10 Å². The third kappa shape index (κ3) is 3.20. The Kier molecular flexibility index (Phi) is 4.13. The topological polar surface area (TPSA) is 29.9 Å². The number of nitrogens with zero attached hydrogens (tertiary/aromatic N) is 2. The number of anilines is 1. The molecule has 0 saturated heterocycles. The Labute approximate surface area is 133 Å². The fraction of sp³-hybridized carbons (Fsp3) is 0.0625. The van der Waals surface area contributed by atoms with Gasteiger partial charge in [-0.05, 0) is 35.9 Å². The molecule has 3 nitrogen and oxygen atoms in total. The van der Waals surface area contributed by atoms with Gasteiger partial charge in [0, 0.05) is 29.0 Å². The third-order valence-electron chi connectivity index (χ3n) is 3.14. The molecule has 0 spiro atoms. The van der Waals surface area contributed by atoms with Crippen molar-refractivity contribution in [3.63, 3.8) is 0 Å². The molecule has 2 aromatic carbocycles. The van der Waals surface area contributed by atoms with Gasteiger partial charge in [0.05, 0.1) is 11.4 Å². The van der Waals surface area contributed by atoms with Gasteiger partial charge in [-0.25, -0.2) is 4.68 Å². The molecule has 0 aliphatic rings. The first-order valence-corrected chi connectivity index (χ1v) is 7.26. The van der Waals surface area contributed by atoms with Crippen molar-refractivity contribution in [2.24, 2.45) is 0 Å². The van der Waals surface area contributed by atoms with Crippen LogP contribution in [0, 0.1) is 0 Å². The van der Waals surface area contributed by atoms with E-state index in [1.807, 2.05) is 54.7 Å². The zero-order valence-electron chi connectivity index (χ0n) is 11.1. The predicted octanol–water partition coefficient (Wildman–Crippen LogP) is 4.79. The van der Waals surface area contributed by atoms with Gasteiger partial charge in [0.2, 0.25) is 0 Å². The molecule has 1 heterocycles. The molecule has 3 rings (SSSR count). The van der Waals surface area contributed by atoms with Gasteiger partial charge < -0.3 is 5.32 Å². The van der Waals surface area contributed by atoms with Gasteiger partial charge in [0.15, 0.2) is 0 Å². The molecule has 0 aliphatic carbocycles. The lowest BCUT2D eigenvalue weighted by molar-refractivity contribution is 0.879. The molecule has 0 radical (unpaired) electrons. The summed E-state index contributed by atoms with van der Waals surface area (Å²) >= 11 is 12.3. The Bertz CT molecular complexity index is 739. The van der Waals surface area contributed by atoms with E-state index in [0.717, 1.165) is 22.0 Å². The molecule has 21 heavy (non-hydrogen) atoms. The second kappa shape index (κ2) is 6.20. The summed E-state index contributed by atoms with van der Waals surface area (Å²) in [4.78, 5) is 0. The van der Waals surface area contributed by atoms with Crippen LogP contribution in [0.3, 0.4) is 0 Å². The molecule has 106 valence electrons. The molecule has 0 fully saturated rings. The van der Waals surface area contributed by atoms with Crippen LogP contribution in [0.25, 0.3) is 5.69 Å². The van der Waals surface area contributed by atoms with Crippen LogP contribution in [0.2, 0.25) is 10.0 Å². The summed E-state index contributed by atoms with van der Waals surface area (Å²) in [6, 6.07) is 15.3. The number of nitrogens with one attached hydrogen (secondary N) is 1. The summed E-state index contributed by atoms with van der Waals surface area (Å²) in [7, 11) is 0. The van der Waals surface area contributed by atoms with E-state index in [9.17, 15) is 0 Å². The normalized spacial score (nSPS) is 10.6. The van der Waals surface area contributed by atoms with Crippen molar-refractivity contribution >= 4 is 28.9 Å². The molecular weight excluding hydrogens is 305 g/mol. The summed E-state index contributed by atoms with van der Waals surface area (Å²) in [6.07, 6.45) is 3.64. The lowest BCUT2D eigenvalue weighted by atomic mass is 10.2. The highest BCUT2D eigenvalue weighted by Crippen LogP contribution is 2.25. The quantitative estimate of drug-likeness (QED) is 0.749. The second-order valence-electron chi connectivity index (χ2n) is 4.56. The lowest BCUT2D eigenvalue weighted by Gasteiger charge is -2.13. The number of halogens is 2. The molecule has 0 atom stereocenters. The Morgan fingerprint density at radius 3 is 2.67 bits per heavy atom. The zero-order valence-corrected chi connectivity index (χ0v) is 12.6. The minimum atomic E-state index is 0.619. The standard InChI is InChI=1S/C16H13Cl2N3/c17-13-6-7-16(21-9-3-8-20-21)15(10-13)19-11-12-4-1-2-5-14(12)18/h1-10,19H,11H2. The lowest BCUT2D eigenvalue weighted by Crippen LogP contribution is -2.05. The highest BCUT2D eigenvalue weighted by Gasteiger charge is 2.07. The number of aromatic nitrogens is 2. The van der Waals surface area contributed by atoms with Crippen molar-refractivity contribution in [3.05, 3.63) is 76.5 Å². The average Bonchev–Trinajstić information content (AvgIpc) is 3.00. The van der Waals surface area contributed by atoms with E-state index >= 15 is 0 Å². The van der Waals surface area contributed by atoms with Crippen LogP contribution in [0.1, 0.15) is 5.56 Å². The van der Waals surface area contributed by atoms with Gasteiger partial charge in [-0.1, -0.05) is 41.4 Å². The van der Waals surface area contributed by atoms with Gasteiger partial charge in [-0.15, -0.1) is 0 Å². The van der Waals surface area contributed by atoms with E-state index in [2.05, 4.69) is 10.4 Å². The van der Waals surface area contributed by atoms with Crippen LogP contribution in [-0.2, 0) is 6.54 Å². The Hall–Kier alpha value is -1.97. The van der Waals surface area contributed by atoms with E-state index in [0.29, 0.717) is 11.6 Å². The maximum atomic E-state index is 6.18. The SMILES string of the molecule is Clc1ccc(-n2cccn2)c(NCc2ccccc2Cl)c1. The number of hydrogen-bond acceptors (Lipinski definition) is 2. The molecule has 5 heteroatoms. The maximum Gasteiger partial charge on any atom is 0.0877 e. The monoisotopic (exact) mass is 317 g/mol. The van der Waals surface area contributed by atoms with E-state index in [1.54, 1.807) is 10.9 Å². The zero-order chi connectivity index (χ0) is 14.7. The van der Waals surface area contributed by atoms with Crippen molar-refractivity contribution < 1.29 is 0 Å². The summed E-state index contributed by atoms with van der Waals surface area (Å²) in [5, 5.41) is 9.04. The van der Waals surface area contributed by atoms with Crippen LogP contribution < -0.4 is 5.32 Å². The van der Waals surface area contributed by atoms with Crippen LogP contribution in [0.4, 0.5) is 5.69 Å². The molecule has 0 amide bonds. The Morgan fingerprint density at radius 1 is 1.05 bits per heavy atom. The largest absolute Gasteiger partial charge is 0.379 e. The first kappa shape index (κ1) is 14.0. The molecule has 0 aliphatic heterocycles. The predicted molar refractivity (Wildman–Crippen MR) is 87.4 cm³/mol. The van der Waals surface area contributed by atoms with Crippen LogP contribution in [0.15, 0.2) is 60.9 Å². The number of hydrogen-bond donors (Lipinski definition) is 1. The summed E-state index contributed by atoms with van der Waals surface area (Å²) in [6.45, 7) is 0.619. The van der Waals surface area contributed by atoms with E-state index in [-0.39, 0.29) is 0 Å². The van der Waals surface area contributed by atoms with E-state index in [1.165, 1.54) is 0 Å². The summed E-state index contributed by atoms with van der Waals surface area (Å²) < 4.78 is 1.80. The first-order valence-electron chi connectivity index (χ1n) is 6.51. The van der Waals surface area contributed by atoms with Crippen LogP contribution >= 0.6 is 23.2 Å². The van der Waals surface area contributed by atoms with Crippen molar-refractivity contribution in [1.82, 2.24) is 9.78 Å². The highest BCUT2D eigenvalue weighted by molar-refractivity contribution is 6.31. The molecule has 0 bridgehead atoms. The van der Waals surface area contributed by atoms with Gasteiger partial charge in [-0.3, -0.25) is 0 Å². The van der Waals surface area contributed by atoms with Gasteiger partial charge >= 0.3 is 0 Å². The minimum Gasteiger partial charge on any atom is -0.379 e. The van der Waals surface area contributed by atoms with Gasteiger partial charge in [0.1, 0.15) is 0 Å². The van der Waals surface area contributed by atoms with E-state index < -0.39 is 0 Å². The second-order valence-corrected chi connectivity index (χ2v) is 5.40. The number of rotatable bonds is 4. The molecule has 3 aromatic rings. The molecule has 1 aromatic heterocycles. The molecular formula is C16H13Cl2N3. The third-order valence-corrected chi connectivity index (χ3v) is 3.74. The van der Waals surface area contributed by atoms with Crippen LogP contribution in [-0.4, -0.2) is 9.78 Å². The highest BCUT2D eigenvalue weighted by atomic mass is 35.5. The average molecular weight is 318 g/mol. The van der Waals surface area contributed by atoms with E-state index in [4.69, 9.17) is 23.2 Å². The van der Waals surface area contributed by atoms with Crippen molar-refractivity contribution in [2.75, 3.05) is 5.32 Å². The molecule has 0 unspecified atom stereocenters. The Balaban J connectivity index is 1.88. The van der Waals surface area contributed by atoms with Gasteiger partial charge in [0.25, 0.3) is 0 Å². The smallest absolute Gasteiger partial charge is 0.0877 e. The maximum absolute atomic E-state index is 6.18. The molecule has 0 saturated carbocycles. The minimum absolute atomic E-state index is 0.619.